The molecule has 18 heteroatoms. The maximum absolute atomic E-state index is 10.2. The molecule has 0 fully saturated rings. The molecule has 0 aliphatic rings. The van der Waals surface area contributed by atoms with E-state index in [2.05, 4.69) is 62.4 Å². The molecule has 0 heterocycles. The van der Waals surface area contributed by atoms with E-state index >= 15 is 0 Å². The highest BCUT2D eigenvalue weighted by Gasteiger charge is 1.92. The predicted molar refractivity (Wildman–Crippen MR) is 291 cm³/mol. The Balaban J connectivity index is -0.0000000494. The maximum Gasteiger partial charge on any atom is 0.305 e. The first-order valence-electron chi connectivity index (χ1n) is 23.6. The quantitative estimate of drug-likeness (QED) is 0.0457. The van der Waals surface area contributed by atoms with Crippen LogP contribution in [0.5, 0.6) is 0 Å². The summed E-state index contributed by atoms with van der Waals surface area (Å²) in [5.74, 6) is 5.72. The number of esters is 4. The van der Waals surface area contributed by atoms with Crippen molar-refractivity contribution in [3.05, 3.63) is 0 Å². The zero-order valence-electron chi connectivity index (χ0n) is 47.8. The molecule has 67 heavy (non-hydrogen) atoms. The number of carbonyl (C=O) groups excluding carboxylic acids is 6. The lowest BCUT2D eigenvalue weighted by Gasteiger charge is -1.93. The number of hydrogen-bond acceptors (Lipinski definition) is 18. The van der Waals surface area contributed by atoms with Gasteiger partial charge in [0, 0.05) is 93.2 Å². The standard InChI is InChI=1S/2C5H10O2.C5H10O.C4H10O2.2C4H8O2.C4H10OS.C4H10O.C4H8O.C4H10S.C3H8O.C3H8S/c2*1-3-5(6)7-4-2;1-3-5(6)4-2;1-3-6-4-5-2;1-3-4(5)6-2;1-3-6-4(2)5;1-3-6-4-5-2;1-3-5-4-2;1-3-4(2)5;1-3-5-4-2;2*1-3-4-2/h2*3-4H2,1-2H3;2*3-4H2,1-2H3;2*3H2,1-2H3;3-4H2,1-2H3;3-4H2,1-2H3;3H2,1-2H3;3-4H2,1-2H3;2*3H2,1-2H3. The predicted octanol–water partition coefficient (Wildman–Crippen LogP) is 12.2. The van der Waals surface area contributed by atoms with Gasteiger partial charge in [-0.15, -0.1) is 11.8 Å². The molecule has 0 aromatic heterocycles. The summed E-state index contributed by atoms with van der Waals surface area (Å²) in [7, 11) is 6.38. The Kier molecular flexibility index (Phi) is 163. The van der Waals surface area contributed by atoms with Crippen LogP contribution < -0.4 is 0 Å². The van der Waals surface area contributed by atoms with Crippen molar-refractivity contribution in [2.75, 3.05) is 117 Å². The van der Waals surface area contributed by atoms with Crippen molar-refractivity contribution < 1.29 is 71.4 Å². The van der Waals surface area contributed by atoms with E-state index in [1.807, 2.05) is 72.0 Å². The topological polar surface area (TPSA) is 185 Å². The summed E-state index contributed by atoms with van der Waals surface area (Å²) >= 11 is 5.61. The number of thioether (sulfide) groups is 3. The van der Waals surface area contributed by atoms with Gasteiger partial charge in [-0.05, 0) is 84.7 Å². The summed E-state index contributed by atoms with van der Waals surface area (Å²) in [6.45, 7) is 40.9. The van der Waals surface area contributed by atoms with Crippen LogP contribution in [-0.2, 0) is 71.4 Å². The lowest BCUT2D eigenvalue weighted by molar-refractivity contribution is -0.143. The first kappa shape index (κ1) is 94.8. The SMILES string of the molecule is CCC(=O)CC.CCC(=O)OC.CCC(C)=O.CCOC.CCOC(=O)CC.CCOC(=O)CC.CCOC(C)=O.CCOCC.CCOCOC.CCSC.CCSCC.CCSCOC. The normalized spacial score (nSPS) is 8.18. The fraction of sp³-hybridized carbons (Fsp3) is 0.878. The number of carbonyl (C=O) groups is 6. The third-order valence-corrected chi connectivity index (χ3v) is 7.75. The van der Waals surface area contributed by atoms with Crippen molar-refractivity contribution in [1.82, 2.24) is 0 Å². The number of methoxy groups -OCH3 is 4. The number of hydrogen-bond donors (Lipinski definition) is 0. The molecule has 0 aromatic rings. The van der Waals surface area contributed by atoms with Gasteiger partial charge in [0.05, 0.1) is 32.9 Å². The van der Waals surface area contributed by atoms with Gasteiger partial charge in [-0.2, -0.15) is 23.5 Å². The lowest BCUT2D eigenvalue weighted by atomic mass is 10.3. The molecule has 414 valence electrons. The van der Waals surface area contributed by atoms with Gasteiger partial charge in [0.25, 0.3) is 0 Å². The number of Topliss-reactive ketones (excluding diaryl/α,β-unsaturated/α-hetero) is 2. The van der Waals surface area contributed by atoms with E-state index in [1.165, 1.54) is 31.3 Å². The van der Waals surface area contributed by atoms with Gasteiger partial charge in [0.2, 0.25) is 0 Å². The van der Waals surface area contributed by atoms with Gasteiger partial charge in [-0.25, -0.2) is 0 Å². The second-order valence-corrected chi connectivity index (χ2v) is 14.9. The molecule has 15 nitrogen and oxygen atoms in total. The highest BCUT2D eigenvalue weighted by atomic mass is 32.2. The van der Waals surface area contributed by atoms with Crippen LogP contribution in [0, 0.1) is 0 Å². The molecule has 0 rings (SSSR count). The Hall–Kier alpha value is -1.93. The summed E-state index contributed by atoms with van der Waals surface area (Å²) in [5, 5.41) is 0. The van der Waals surface area contributed by atoms with Gasteiger partial charge < -0.3 is 47.4 Å². The third-order valence-electron chi connectivity index (χ3n) is 5.54. The molecule has 0 aliphatic carbocycles. The van der Waals surface area contributed by atoms with Crippen LogP contribution in [0.2, 0.25) is 0 Å². The van der Waals surface area contributed by atoms with Crippen LogP contribution in [-0.4, -0.2) is 152 Å². The molecule has 0 saturated heterocycles. The average molecular weight is 1040 g/mol. The zero-order chi connectivity index (χ0) is 55.4. The number of ether oxygens (including phenoxy) is 9. The summed E-state index contributed by atoms with van der Waals surface area (Å²) in [4.78, 5) is 60.2. The van der Waals surface area contributed by atoms with Crippen LogP contribution in [0.4, 0.5) is 0 Å². The Bertz CT molecular complexity index is 777. The van der Waals surface area contributed by atoms with Gasteiger partial charge in [-0.1, -0.05) is 69.2 Å². The van der Waals surface area contributed by atoms with Crippen molar-refractivity contribution in [3.8, 4) is 0 Å². The van der Waals surface area contributed by atoms with Gasteiger partial charge in [0.1, 0.15) is 18.4 Å². The highest BCUT2D eigenvalue weighted by molar-refractivity contribution is 7.99. The minimum atomic E-state index is -0.211. The molecule has 0 saturated carbocycles. The molecular weight excluding hydrogens is 925 g/mol. The Morgan fingerprint density at radius 1 is 0.388 bits per heavy atom. The van der Waals surface area contributed by atoms with E-state index in [9.17, 15) is 28.8 Å². The largest absolute Gasteiger partial charge is 0.469 e. The van der Waals surface area contributed by atoms with Crippen molar-refractivity contribution in [2.45, 2.75) is 170 Å². The van der Waals surface area contributed by atoms with Gasteiger partial charge >= 0.3 is 23.9 Å². The van der Waals surface area contributed by atoms with E-state index in [-0.39, 0.29) is 29.7 Å². The Labute approximate surface area is 427 Å². The molecular formula is C49H110O15S3. The van der Waals surface area contributed by atoms with E-state index in [4.69, 9.17) is 14.2 Å². The van der Waals surface area contributed by atoms with E-state index in [0.717, 1.165) is 38.1 Å². The van der Waals surface area contributed by atoms with Gasteiger partial charge in [0.15, 0.2) is 0 Å². The van der Waals surface area contributed by atoms with Crippen LogP contribution in [0.25, 0.3) is 0 Å². The van der Waals surface area contributed by atoms with Crippen molar-refractivity contribution in [2.24, 2.45) is 0 Å². The average Bonchev–Trinajstić information content (AvgIpc) is 3.34. The smallest absolute Gasteiger partial charge is 0.305 e. The second-order valence-electron chi connectivity index (χ2n) is 11.0. The van der Waals surface area contributed by atoms with Crippen molar-refractivity contribution >= 4 is 70.7 Å². The molecule has 0 bridgehead atoms. The fourth-order valence-electron chi connectivity index (χ4n) is 1.87. The third kappa shape index (κ3) is 226. The van der Waals surface area contributed by atoms with E-state index in [1.54, 1.807) is 81.6 Å². The number of ketones is 2. The second kappa shape index (κ2) is 115. The lowest BCUT2D eigenvalue weighted by Crippen LogP contribution is -2.00. The van der Waals surface area contributed by atoms with Crippen LogP contribution >= 0.6 is 35.3 Å². The molecule has 0 spiro atoms. The summed E-state index contributed by atoms with van der Waals surface area (Å²) in [5.41, 5.74) is 0. The molecule has 0 radical (unpaired) electrons. The van der Waals surface area contributed by atoms with Crippen LogP contribution in [0.15, 0.2) is 0 Å². The molecule has 0 aromatic carbocycles. The summed E-state index contributed by atoms with van der Waals surface area (Å²) < 4.78 is 41.2. The van der Waals surface area contributed by atoms with Gasteiger partial charge in [-0.3, -0.25) is 24.0 Å². The molecule has 0 amide bonds. The molecule has 0 aliphatic heterocycles. The minimum Gasteiger partial charge on any atom is -0.469 e. The molecule has 0 unspecified atom stereocenters. The Morgan fingerprint density at radius 3 is 0.776 bits per heavy atom. The summed E-state index contributed by atoms with van der Waals surface area (Å²) in [6.07, 6.45) is 5.57. The first-order valence-corrected chi connectivity index (χ1v) is 27.3. The minimum absolute atomic E-state index is 0.123. The molecule has 0 atom stereocenters. The molecule has 0 N–H and O–H groups in total. The van der Waals surface area contributed by atoms with E-state index < -0.39 is 0 Å². The van der Waals surface area contributed by atoms with Crippen LogP contribution in [0.1, 0.15) is 170 Å². The maximum atomic E-state index is 10.2. The van der Waals surface area contributed by atoms with Crippen molar-refractivity contribution in [3.63, 3.8) is 0 Å². The van der Waals surface area contributed by atoms with Crippen molar-refractivity contribution in [1.29, 1.82) is 0 Å². The summed E-state index contributed by atoms with van der Waals surface area (Å²) in [6, 6.07) is 0. The van der Waals surface area contributed by atoms with E-state index in [0.29, 0.717) is 70.9 Å². The number of rotatable bonds is 21. The first-order chi connectivity index (χ1) is 31.8. The monoisotopic (exact) mass is 1030 g/mol. The zero-order valence-corrected chi connectivity index (χ0v) is 50.2. The van der Waals surface area contributed by atoms with Crippen LogP contribution in [0.3, 0.4) is 0 Å². The fourth-order valence-corrected chi connectivity index (χ4v) is 2.61. The highest BCUT2D eigenvalue weighted by Crippen LogP contribution is 1.95. The Morgan fingerprint density at radius 2 is 0.731 bits per heavy atom.